The van der Waals surface area contributed by atoms with E-state index in [1.165, 1.54) is 0 Å². The monoisotopic (exact) mass is 245 g/mol. The fourth-order valence-corrected chi connectivity index (χ4v) is 1.68. The van der Waals surface area contributed by atoms with Gasteiger partial charge in [-0.1, -0.05) is 35.5 Å². The molecular weight excluding hydrogens is 230 g/mol. The molecule has 2 N–H and O–H groups in total. The van der Waals surface area contributed by atoms with Crippen molar-refractivity contribution in [1.82, 2.24) is 15.8 Å². The molecule has 0 aliphatic rings. The number of hydrogen-bond acceptors (Lipinski definition) is 3. The van der Waals surface area contributed by atoms with Crippen molar-refractivity contribution in [3.05, 3.63) is 41.7 Å². The summed E-state index contributed by atoms with van der Waals surface area (Å²) < 4.78 is 5.19. The second-order valence-corrected chi connectivity index (χ2v) is 3.86. The SMILES string of the molecule is CNC(=O)NCc1c(-c2ccccc2)noc1C. The Hall–Kier alpha value is -2.30. The van der Waals surface area contributed by atoms with Crippen LogP contribution >= 0.6 is 0 Å². The zero-order chi connectivity index (χ0) is 13.0. The zero-order valence-corrected chi connectivity index (χ0v) is 10.4. The minimum absolute atomic E-state index is 0.227. The molecule has 2 amide bonds. The fourth-order valence-electron chi connectivity index (χ4n) is 1.68. The van der Waals surface area contributed by atoms with E-state index in [-0.39, 0.29) is 6.03 Å². The van der Waals surface area contributed by atoms with Crippen LogP contribution in [-0.2, 0) is 6.54 Å². The van der Waals surface area contributed by atoms with Crippen LogP contribution in [0, 0.1) is 6.92 Å². The fraction of sp³-hybridized carbons (Fsp3) is 0.231. The lowest BCUT2D eigenvalue weighted by molar-refractivity contribution is 0.242. The van der Waals surface area contributed by atoms with Gasteiger partial charge in [-0.25, -0.2) is 4.79 Å². The maximum atomic E-state index is 11.2. The molecule has 2 aromatic rings. The largest absolute Gasteiger partial charge is 0.361 e. The molecule has 0 saturated carbocycles. The topological polar surface area (TPSA) is 67.2 Å². The van der Waals surface area contributed by atoms with Gasteiger partial charge in [0.2, 0.25) is 0 Å². The number of urea groups is 1. The second-order valence-electron chi connectivity index (χ2n) is 3.86. The number of benzene rings is 1. The average Bonchev–Trinajstić information content (AvgIpc) is 2.78. The van der Waals surface area contributed by atoms with Crippen LogP contribution in [0.2, 0.25) is 0 Å². The molecule has 2 rings (SSSR count). The predicted octanol–water partition coefficient (Wildman–Crippen LogP) is 2.08. The van der Waals surface area contributed by atoms with Crippen molar-refractivity contribution in [2.45, 2.75) is 13.5 Å². The van der Waals surface area contributed by atoms with E-state index in [0.717, 1.165) is 16.8 Å². The van der Waals surface area contributed by atoms with E-state index in [0.29, 0.717) is 12.3 Å². The highest BCUT2D eigenvalue weighted by Crippen LogP contribution is 2.24. The van der Waals surface area contributed by atoms with Crippen LogP contribution in [0.3, 0.4) is 0 Å². The highest BCUT2D eigenvalue weighted by atomic mass is 16.5. The van der Waals surface area contributed by atoms with Crippen molar-refractivity contribution in [1.29, 1.82) is 0 Å². The molecule has 5 nitrogen and oxygen atoms in total. The van der Waals surface area contributed by atoms with E-state index in [1.807, 2.05) is 37.3 Å². The molecule has 0 aliphatic carbocycles. The summed E-state index contributed by atoms with van der Waals surface area (Å²) in [5.74, 6) is 0.713. The highest BCUT2D eigenvalue weighted by Gasteiger charge is 2.14. The molecule has 94 valence electrons. The van der Waals surface area contributed by atoms with Gasteiger partial charge in [-0.2, -0.15) is 0 Å². The van der Waals surface area contributed by atoms with Gasteiger partial charge in [-0.3, -0.25) is 0 Å². The van der Waals surface area contributed by atoms with Gasteiger partial charge in [0.1, 0.15) is 11.5 Å². The maximum absolute atomic E-state index is 11.2. The van der Waals surface area contributed by atoms with E-state index in [2.05, 4.69) is 15.8 Å². The van der Waals surface area contributed by atoms with Gasteiger partial charge in [-0.05, 0) is 6.92 Å². The van der Waals surface area contributed by atoms with Gasteiger partial charge in [0.25, 0.3) is 0 Å². The summed E-state index contributed by atoms with van der Waals surface area (Å²) in [5, 5.41) is 9.28. The van der Waals surface area contributed by atoms with Crippen LogP contribution in [0.5, 0.6) is 0 Å². The van der Waals surface area contributed by atoms with Crippen LogP contribution in [0.15, 0.2) is 34.9 Å². The zero-order valence-electron chi connectivity index (χ0n) is 10.4. The second kappa shape index (κ2) is 5.35. The Bertz CT molecular complexity index is 534. The van der Waals surface area contributed by atoms with Gasteiger partial charge in [-0.15, -0.1) is 0 Å². The van der Waals surface area contributed by atoms with Crippen molar-refractivity contribution < 1.29 is 9.32 Å². The number of amides is 2. The first kappa shape index (κ1) is 12.2. The number of carbonyl (C=O) groups is 1. The summed E-state index contributed by atoms with van der Waals surface area (Å²) in [4.78, 5) is 11.2. The van der Waals surface area contributed by atoms with Crippen molar-refractivity contribution in [3.8, 4) is 11.3 Å². The first-order chi connectivity index (χ1) is 8.72. The van der Waals surface area contributed by atoms with E-state index >= 15 is 0 Å². The van der Waals surface area contributed by atoms with E-state index in [1.54, 1.807) is 7.05 Å². The number of aryl methyl sites for hydroxylation is 1. The third kappa shape index (κ3) is 2.51. The van der Waals surface area contributed by atoms with E-state index in [4.69, 9.17) is 4.52 Å². The Morgan fingerprint density at radius 1 is 1.33 bits per heavy atom. The Kier molecular flexibility index (Phi) is 3.62. The molecule has 0 fully saturated rings. The van der Waals surface area contributed by atoms with Gasteiger partial charge in [0, 0.05) is 18.2 Å². The summed E-state index contributed by atoms with van der Waals surface area (Å²) in [6.45, 7) is 2.22. The summed E-state index contributed by atoms with van der Waals surface area (Å²) >= 11 is 0. The Balaban J connectivity index is 2.25. The molecule has 1 aromatic heterocycles. The summed E-state index contributed by atoms with van der Waals surface area (Å²) in [6, 6.07) is 9.51. The van der Waals surface area contributed by atoms with Crippen LogP contribution in [0.4, 0.5) is 4.79 Å². The number of carbonyl (C=O) groups excluding carboxylic acids is 1. The number of hydrogen-bond donors (Lipinski definition) is 2. The Labute approximate surface area is 105 Å². The third-order valence-corrected chi connectivity index (χ3v) is 2.68. The maximum Gasteiger partial charge on any atom is 0.314 e. The van der Waals surface area contributed by atoms with Gasteiger partial charge in [0.15, 0.2) is 0 Å². The van der Waals surface area contributed by atoms with Gasteiger partial charge in [0.05, 0.1) is 6.54 Å². The number of nitrogens with one attached hydrogen (secondary N) is 2. The van der Waals surface area contributed by atoms with Crippen LogP contribution in [0.1, 0.15) is 11.3 Å². The summed E-state index contributed by atoms with van der Waals surface area (Å²) in [5.41, 5.74) is 2.64. The number of aromatic nitrogens is 1. The molecule has 1 heterocycles. The summed E-state index contributed by atoms with van der Waals surface area (Å²) in [6.07, 6.45) is 0. The standard InChI is InChI=1S/C13H15N3O2/c1-9-11(8-15-13(17)14-2)12(16-18-9)10-6-4-3-5-7-10/h3-7H,8H2,1-2H3,(H2,14,15,17). The van der Waals surface area contributed by atoms with Gasteiger partial charge >= 0.3 is 6.03 Å². The third-order valence-electron chi connectivity index (χ3n) is 2.68. The van der Waals surface area contributed by atoms with Gasteiger partial charge < -0.3 is 15.2 Å². The molecule has 0 atom stereocenters. The predicted molar refractivity (Wildman–Crippen MR) is 68.0 cm³/mol. The molecule has 0 saturated heterocycles. The van der Waals surface area contributed by atoms with Crippen molar-refractivity contribution in [2.75, 3.05) is 7.05 Å². The van der Waals surface area contributed by atoms with Crippen LogP contribution in [-0.4, -0.2) is 18.2 Å². The summed E-state index contributed by atoms with van der Waals surface area (Å²) in [7, 11) is 1.58. The minimum atomic E-state index is -0.227. The molecule has 18 heavy (non-hydrogen) atoms. The van der Waals surface area contributed by atoms with E-state index in [9.17, 15) is 4.79 Å². The smallest absolute Gasteiger partial charge is 0.314 e. The molecule has 0 radical (unpaired) electrons. The van der Waals surface area contributed by atoms with Crippen LogP contribution < -0.4 is 10.6 Å². The highest BCUT2D eigenvalue weighted by molar-refractivity contribution is 5.74. The average molecular weight is 245 g/mol. The number of rotatable bonds is 3. The molecule has 0 bridgehead atoms. The Morgan fingerprint density at radius 3 is 2.72 bits per heavy atom. The van der Waals surface area contributed by atoms with Crippen molar-refractivity contribution in [2.24, 2.45) is 0 Å². The normalized spacial score (nSPS) is 10.1. The van der Waals surface area contributed by atoms with Crippen molar-refractivity contribution >= 4 is 6.03 Å². The quantitative estimate of drug-likeness (QED) is 0.870. The molecule has 1 aromatic carbocycles. The first-order valence-corrected chi connectivity index (χ1v) is 5.68. The molecule has 5 heteroatoms. The Morgan fingerprint density at radius 2 is 2.06 bits per heavy atom. The molecule has 0 aliphatic heterocycles. The molecule has 0 spiro atoms. The number of nitrogens with zero attached hydrogens (tertiary/aromatic N) is 1. The molecule has 0 unspecified atom stereocenters. The lowest BCUT2D eigenvalue weighted by Gasteiger charge is -2.05. The van der Waals surface area contributed by atoms with Crippen LogP contribution in [0.25, 0.3) is 11.3 Å². The van der Waals surface area contributed by atoms with E-state index < -0.39 is 0 Å². The lowest BCUT2D eigenvalue weighted by atomic mass is 10.1. The van der Waals surface area contributed by atoms with Crippen molar-refractivity contribution in [3.63, 3.8) is 0 Å². The molecular formula is C13H15N3O2. The first-order valence-electron chi connectivity index (χ1n) is 5.68. The lowest BCUT2D eigenvalue weighted by Crippen LogP contribution is -2.32. The minimum Gasteiger partial charge on any atom is -0.361 e.